The molecule has 0 spiro atoms. The van der Waals surface area contributed by atoms with Crippen LogP contribution < -0.4 is 5.32 Å². The van der Waals surface area contributed by atoms with Crippen molar-refractivity contribution in [3.63, 3.8) is 0 Å². The fraction of sp³-hybridized carbons (Fsp3) is 0.571. The highest BCUT2D eigenvalue weighted by atomic mass is 35.5. The van der Waals surface area contributed by atoms with E-state index in [-0.39, 0.29) is 15.8 Å². The molecule has 4 N–H and O–H groups in total. The molecule has 2 fully saturated rings. The highest BCUT2D eigenvalue weighted by molar-refractivity contribution is 7.71. The maximum Gasteiger partial charge on any atom is 0.217 e. The van der Waals surface area contributed by atoms with E-state index in [1.807, 2.05) is 4.57 Å². The highest BCUT2D eigenvalue weighted by Crippen LogP contribution is 2.37. The van der Waals surface area contributed by atoms with E-state index in [1.165, 1.54) is 23.7 Å². The van der Waals surface area contributed by atoms with E-state index in [2.05, 4.69) is 10.4 Å². The topological polar surface area (TPSA) is 122 Å². The van der Waals surface area contributed by atoms with Gasteiger partial charge in [-0.2, -0.15) is 0 Å². The van der Waals surface area contributed by atoms with E-state index in [4.69, 9.17) is 28.6 Å². The Morgan fingerprint density at radius 1 is 1.33 bits per heavy atom. The quantitative estimate of drug-likeness (QED) is 0.464. The number of aliphatic hydroxyl groups is 3. The van der Waals surface area contributed by atoms with Crippen LogP contribution in [0.5, 0.6) is 0 Å². The predicted octanol–water partition coefficient (Wildman–Crippen LogP) is 2.10. The van der Waals surface area contributed by atoms with Gasteiger partial charge < -0.3 is 25.4 Å². The maximum absolute atomic E-state index is 13.8. The molecule has 1 saturated carbocycles. The number of amides is 1. The summed E-state index contributed by atoms with van der Waals surface area (Å²) in [4.78, 5) is 11.8. The van der Waals surface area contributed by atoms with Crippen molar-refractivity contribution in [3.8, 4) is 11.4 Å². The first-order valence-corrected chi connectivity index (χ1v) is 11.6. The van der Waals surface area contributed by atoms with Crippen molar-refractivity contribution in [1.82, 2.24) is 19.7 Å². The number of benzene rings is 1. The van der Waals surface area contributed by atoms with Crippen LogP contribution >= 0.6 is 23.8 Å². The van der Waals surface area contributed by atoms with Crippen molar-refractivity contribution in [2.45, 2.75) is 69.2 Å². The highest BCUT2D eigenvalue weighted by Gasteiger charge is 2.46. The molecule has 4 rings (SSSR count). The Bertz CT molecular complexity index is 1090. The molecule has 1 aliphatic carbocycles. The average Bonchev–Trinajstić information content (AvgIpc) is 3.41. The van der Waals surface area contributed by atoms with Gasteiger partial charge in [-0.05, 0) is 43.3 Å². The molecule has 2 heterocycles. The Balaban J connectivity index is 1.86. The van der Waals surface area contributed by atoms with Gasteiger partial charge in [0.25, 0.3) is 0 Å². The lowest BCUT2D eigenvalue weighted by atomic mass is 9.96. The summed E-state index contributed by atoms with van der Waals surface area (Å²) in [5.41, 5.74) is 0.546. The lowest BCUT2D eigenvalue weighted by Crippen LogP contribution is -2.62. The second-order valence-corrected chi connectivity index (χ2v) is 9.22. The number of ether oxygens (including phenoxy) is 1. The number of hydrogen-bond acceptors (Lipinski definition) is 7. The Kier molecular flexibility index (Phi) is 7.18. The van der Waals surface area contributed by atoms with Gasteiger partial charge in [0.1, 0.15) is 30.2 Å². The number of nitrogens with zero attached hydrogens (tertiary/aromatic N) is 3. The molecule has 1 saturated heterocycles. The van der Waals surface area contributed by atoms with Crippen LogP contribution in [0.4, 0.5) is 4.39 Å². The van der Waals surface area contributed by atoms with Gasteiger partial charge in [-0.1, -0.05) is 24.4 Å². The summed E-state index contributed by atoms with van der Waals surface area (Å²) in [5, 5.41) is 37.8. The molecule has 180 valence electrons. The Morgan fingerprint density at radius 2 is 2.03 bits per heavy atom. The fourth-order valence-corrected chi connectivity index (χ4v) is 5.14. The molecular weight excluding hydrogens is 475 g/mol. The molecule has 5 atom stereocenters. The van der Waals surface area contributed by atoms with E-state index >= 15 is 0 Å². The first-order valence-electron chi connectivity index (χ1n) is 10.8. The van der Waals surface area contributed by atoms with Gasteiger partial charge in [-0.3, -0.25) is 9.36 Å². The van der Waals surface area contributed by atoms with Crippen LogP contribution in [-0.4, -0.2) is 66.5 Å². The summed E-state index contributed by atoms with van der Waals surface area (Å²) in [5.74, 6) is -0.565. The molecular formula is C21H26ClFN4O5S. The van der Waals surface area contributed by atoms with Gasteiger partial charge in [-0.15, -0.1) is 5.10 Å². The Morgan fingerprint density at radius 3 is 2.64 bits per heavy atom. The van der Waals surface area contributed by atoms with E-state index in [1.54, 1.807) is 6.07 Å². The lowest BCUT2D eigenvalue weighted by molar-refractivity contribution is -0.219. The maximum atomic E-state index is 13.8. The summed E-state index contributed by atoms with van der Waals surface area (Å²) in [6, 6.07) is 3.24. The minimum absolute atomic E-state index is 0.0528. The fourth-order valence-electron chi connectivity index (χ4n) is 4.58. The van der Waals surface area contributed by atoms with Crippen molar-refractivity contribution in [3.05, 3.63) is 33.8 Å². The number of aromatic nitrogens is 3. The molecule has 0 bridgehead atoms. The van der Waals surface area contributed by atoms with Crippen LogP contribution in [0, 0.1) is 10.6 Å². The smallest absolute Gasteiger partial charge is 0.217 e. The van der Waals surface area contributed by atoms with Crippen molar-refractivity contribution >= 4 is 29.7 Å². The summed E-state index contributed by atoms with van der Waals surface area (Å²) in [6.45, 7) is 0.717. The number of hydrogen-bond donors (Lipinski definition) is 4. The van der Waals surface area contributed by atoms with E-state index in [0.717, 1.165) is 25.7 Å². The summed E-state index contributed by atoms with van der Waals surface area (Å²) < 4.78 is 23.2. The van der Waals surface area contributed by atoms with Gasteiger partial charge in [-0.25, -0.2) is 9.07 Å². The molecule has 2 aromatic rings. The van der Waals surface area contributed by atoms with Crippen LogP contribution in [0.2, 0.25) is 5.02 Å². The van der Waals surface area contributed by atoms with Gasteiger partial charge in [0.2, 0.25) is 10.7 Å². The largest absolute Gasteiger partial charge is 0.394 e. The number of carbonyl (C=O) groups excluding carboxylic acids is 1. The first kappa shape index (κ1) is 24.2. The number of aliphatic hydroxyl groups excluding tert-OH is 3. The van der Waals surface area contributed by atoms with Crippen LogP contribution in [0.1, 0.15) is 44.9 Å². The third kappa shape index (κ3) is 4.58. The normalized spacial score (nSPS) is 28.2. The molecule has 1 aromatic heterocycles. The standard InChI is InChI=1S/C21H26ClFN4O5S/c1-10(29)24-16-18(31)17(30)15(9-28)32-20(16)27-21(33)26(12-4-2-3-5-12)19(25-27)11-6-7-14(23)13(22)8-11/h6-8,12,15-18,20,28,30-31H,2-5,9H2,1H3,(H,24,29)/t15-,16-,17-,18-,20-/m1/s1. The van der Waals surface area contributed by atoms with Crippen LogP contribution in [0.3, 0.4) is 0 Å². The monoisotopic (exact) mass is 500 g/mol. The third-order valence-corrected chi connectivity index (χ3v) is 6.88. The molecule has 1 aromatic carbocycles. The average molecular weight is 501 g/mol. The molecule has 33 heavy (non-hydrogen) atoms. The summed E-state index contributed by atoms with van der Waals surface area (Å²) >= 11 is 11.8. The van der Waals surface area contributed by atoms with E-state index in [0.29, 0.717) is 11.4 Å². The number of nitrogens with one attached hydrogen (secondary N) is 1. The van der Waals surface area contributed by atoms with Crippen molar-refractivity contribution in [1.29, 1.82) is 0 Å². The number of halogens is 2. The SMILES string of the molecule is CC(=O)N[C@@H]1[C@@H](O)[C@H](O)[C@@H](CO)O[C@H]1n1nc(-c2ccc(F)c(Cl)c2)n(C2CCCC2)c1=S. The minimum Gasteiger partial charge on any atom is -0.394 e. The zero-order valence-electron chi connectivity index (χ0n) is 17.9. The van der Waals surface area contributed by atoms with E-state index in [9.17, 15) is 24.5 Å². The van der Waals surface area contributed by atoms with Crippen molar-refractivity contribution in [2.75, 3.05) is 6.61 Å². The summed E-state index contributed by atoms with van der Waals surface area (Å²) in [7, 11) is 0. The van der Waals surface area contributed by atoms with Crippen LogP contribution in [0.25, 0.3) is 11.4 Å². The van der Waals surface area contributed by atoms with Gasteiger partial charge in [0.15, 0.2) is 12.1 Å². The summed E-state index contributed by atoms with van der Waals surface area (Å²) in [6.07, 6.45) is -1.28. The van der Waals surface area contributed by atoms with Crippen molar-refractivity contribution in [2.24, 2.45) is 0 Å². The van der Waals surface area contributed by atoms with Crippen molar-refractivity contribution < 1.29 is 29.2 Å². The second-order valence-electron chi connectivity index (χ2n) is 8.44. The minimum atomic E-state index is -1.44. The molecule has 1 amide bonds. The predicted molar refractivity (Wildman–Crippen MR) is 120 cm³/mol. The number of carbonyl (C=O) groups is 1. The van der Waals surface area contributed by atoms with Crippen LogP contribution in [0.15, 0.2) is 18.2 Å². The molecule has 12 heteroatoms. The molecule has 0 radical (unpaired) electrons. The second kappa shape index (κ2) is 9.77. The molecule has 0 unspecified atom stereocenters. The van der Waals surface area contributed by atoms with Gasteiger partial charge in [0, 0.05) is 18.5 Å². The van der Waals surface area contributed by atoms with Gasteiger partial charge in [0.05, 0.1) is 11.6 Å². The zero-order chi connectivity index (χ0) is 23.9. The molecule has 2 aliphatic rings. The third-order valence-electron chi connectivity index (χ3n) is 6.21. The first-order chi connectivity index (χ1) is 15.7. The lowest BCUT2D eigenvalue weighted by Gasteiger charge is -2.42. The Labute approximate surface area is 199 Å². The van der Waals surface area contributed by atoms with E-state index < -0.39 is 48.9 Å². The molecule has 1 aliphatic heterocycles. The van der Waals surface area contributed by atoms with Gasteiger partial charge >= 0.3 is 0 Å². The zero-order valence-corrected chi connectivity index (χ0v) is 19.5. The Hall–Kier alpha value is -1.89. The number of rotatable bonds is 5. The molecule has 9 nitrogen and oxygen atoms in total. The van der Waals surface area contributed by atoms with Crippen LogP contribution in [-0.2, 0) is 9.53 Å².